The zero-order valence-electron chi connectivity index (χ0n) is 14.4. The van der Waals surface area contributed by atoms with Crippen LogP contribution >= 0.6 is 24.0 Å². The minimum Gasteiger partial charge on any atom is -0.467 e. The number of aliphatic imine (C=N–C) groups is 1. The second-order valence-electron chi connectivity index (χ2n) is 8.68. The van der Waals surface area contributed by atoms with Gasteiger partial charge in [-0.25, -0.2) is 0 Å². The predicted octanol–water partition coefficient (Wildman–Crippen LogP) is 2.07. The Hall–Kier alpha value is -0.760. The summed E-state index contributed by atoms with van der Waals surface area (Å²) in [5.41, 5.74) is -0.507. The lowest BCUT2D eigenvalue weighted by Gasteiger charge is -2.51. The van der Waals surface area contributed by atoms with E-state index in [0.29, 0.717) is 24.9 Å². The van der Waals surface area contributed by atoms with Gasteiger partial charge in [-0.2, -0.15) is 0 Å². The van der Waals surface area contributed by atoms with Crippen LogP contribution in [0.25, 0.3) is 0 Å². The molecule has 25 heavy (non-hydrogen) atoms. The van der Waals surface area contributed by atoms with E-state index >= 15 is 0 Å². The van der Waals surface area contributed by atoms with Crippen LogP contribution in [0, 0.1) is 47.3 Å². The van der Waals surface area contributed by atoms with Gasteiger partial charge in [-0.1, -0.05) is 0 Å². The molecular formula is C19H26IN3O2. The molecule has 1 heterocycles. The first kappa shape index (κ1) is 16.4. The molecule has 1 aromatic heterocycles. The molecule has 0 aromatic carbocycles. The molecule has 6 heteroatoms. The van der Waals surface area contributed by atoms with Gasteiger partial charge in [0.15, 0.2) is 5.96 Å². The Balaban J connectivity index is 0.00000140. The first-order valence-electron chi connectivity index (χ1n) is 9.41. The van der Waals surface area contributed by atoms with Crippen LogP contribution < -0.4 is 10.6 Å². The van der Waals surface area contributed by atoms with Gasteiger partial charge in [0.25, 0.3) is 0 Å². The van der Waals surface area contributed by atoms with Crippen LogP contribution in [0.1, 0.15) is 18.6 Å². The number of hydrogen-bond donors (Lipinski definition) is 3. The van der Waals surface area contributed by atoms with Crippen LogP contribution in [-0.4, -0.2) is 30.3 Å². The summed E-state index contributed by atoms with van der Waals surface area (Å²) in [5, 5.41) is 18.3. The van der Waals surface area contributed by atoms with E-state index in [1.807, 2.05) is 12.1 Å². The maximum Gasteiger partial charge on any atom is 0.191 e. The third kappa shape index (κ3) is 1.85. The second kappa shape index (κ2) is 5.38. The molecule has 9 unspecified atom stereocenters. The molecule has 0 spiro atoms. The summed E-state index contributed by atoms with van der Waals surface area (Å²) in [6.07, 6.45) is 4.50. The minimum absolute atomic E-state index is 0. The van der Waals surface area contributed by atoms with Gasteiger partial charge in [0.05, 0.1) is 18.4 Å². The number of furan rings is 1. The highest BCUT2D eigenvalue weighted by Gasteiger charge is 2.84. The smallest absolute Gasteiger partial charge is 0.191 e. The quantitative estimate of drug-likeness (QED) is 0.370. The Labute approximate surface area is 165 Å². The van der Waals surface area contributed by atoms with Crippen molar-refractivity contribution < 1.29 is 9.52 Å². The number of nitrogens with one attached hydrogen (secondary N) is 2. The highest BCUT2D eigenvalue weighted by molar-refractivity contribution is 14.0. The van der Waals surface area contributed by atoms with Crippen LogP contribution in [0.4, 0.5) is 0 Å². The Morgan fingerprint density at radius 2 is 2.00 bits per heavy atom. The molecular weight excluding hydrogens is 429 g/mol. The first-order valence-corrected chi connectivity index (χ1v) is 9.41. The van der Waals surface area contributed by atoms with Crippen LogP contribution in [0.3, 0.4) is 0 Å². The van der Waals surface area contributed by atoms with Crippen molar-refractivity contribution in [3.63, 3.8) is 0 Å². The summed E-state index contributed by atoms with van der Waals surface area (Å²) in [7, 11) is 1.78. The maximum absolute atomic E-state index is 11.6. The molecule has 5 fully saturated rings. The van der Waals surface area contributed by atoms with E-state index in [2.05, 4.69) is 15.6 Å². The third-order valence-corrected chi connectivity index (χ3v) is 8.29. The minimum atomic E-state index is -0.507. The Morgan fingerprint density at radius 1 is 1.20 bits per heavy atom. The van der Waals surface area contributed by atoms with Crippen molar-refractivity contribution in [1.82, 2.24) is 10.6 Å². The van der Waals surface area contributed by atoms with Gasteiger partial charge in [-0.05, 0) is 72.3 Å². The van der Waals surface area contributed by atoms with E-state index in [0.717, 1.165) is 47.2 Å². The number of halogens is 1. The molecule has 136 valence electrons. The molecule has 5 aliphatic carbocycles. The second-order valence-corrected chi connectivity index (χ2v) is 8.68. The average Bonchev–Trinajstić information content (AvgIpc) is 3.25. The summed E-state index contributed by atoms with van der Waals surface area (Å²) in [4.78, 5) is 4.30. The number of guanidine groups is 1. The largest absolute Gasteiger partial charge is 0.467 e. The molecule has 2 bridgehead atoms. The van der Waals surface area contributed by atoms with Gasteiger partial charge >= 0.3 is 0 Å². The zero-order valence-corrected chi connectivity index (χ0v) is 16.7. The summed E-state index contributed by atoms with van der Waals surface area (Å²) < 4.78 is 5.35. The van der Waals surface area contributed by atoms with Gasteiger partial charge in [0, 0.05) is 13.6 Å². The molecule has 0 saturated heterocycles. The molecule has 0 radical (unpaired) electrons. The fraction of sp³-hybridized carbons (Fsp3) is 0.737. The summed E-state index contributed by atoms with van der Waals surface area (Å²) in [5.74, 6) is 7.95. The van der Waals surface area contributed by atoms with Gasteiger partial charge < -0.3 is 20.2 Å². The van der Waals surface area contributed by atoms with Crippen LogP contribution in [-0.2, 0) is 6.54 Å². The topological polar surface area (TPSA) is 69.8 Å². The SMILES string of the molecule is CN=C(NCc1ccco1)NCC1(O)C2C3CC4C5C3CC2C5C41.I. The Morgan fingerprint density at radius 3 is 2.76 bits per heavy atom. The van der Waals surface area contributed by atoms with Crippen LogP contribution in [0.15, 0.2) is 27.8 Å². The van der Waals surface area contributed by atoms with Crippen molar-refractivity contribution >= 4 is 29.9 Å². The molecule has 3 N–H and O–H groups in total. The zero-order chi connectivity index (χ0) is 16.1. The molecule has 5 aliphatic rings. The van der Waals surface area contributed by atoms with Crippen LogP contribution in [0.2, 0.25) is 0 Å². The van der Waals surface area contributed by atoms with Gasteiger partial charge in [-0.15, -0.1) is 24.0 Å². The number of fused-ring (bicyclic) bond motifs is 2. The van der Waals surface area contributed by atoms with Crippen molar-refractivity contribution in [2.75, 3.05) is 13.6 Å². The predicted molar refractivity (Wildman–Crippen MR) is 104 cm³/mol. The summed E-state index contributed by atoms with van der Waals surface area (Å²) >= 11 is 0. The Kier molecular flexibility index (Phi) is 3.53. The van der Waals surface area contributed by atoms with E-state index in [9.17, 15) is 5.11 Å². The lowest BCUT2D eigenvalue weighted by Crippen LogP contribution is -2.59. The highest BCUT2D eigenvalue weighted by Crippen LogP contribution is 2.85. The van der Waals surface area contributed by atoms with E-state index in [-0.39, 0.29) is 24.0 Å². The molecule has 6 rings (SSSR count). The summed E-state index contributed by atoms with van der Waals surface area (Å²) in [6.45, 7) is 1.25. The standard InChI is InChI=1S/C19H25N3O2.HI/c1-20-18(21-7-9-3-2-4-24-9)22-8-19(23)16-11-6-12-14-10(11)5-13(16)15(14)17(12)19;/h2-4,10-17,23H,5-8H2,1H3,(H2,20,21,22);1H. The molecule has 0 amide bonds. The van der Waals surface area contributed by atoms with Crippen molar-refractivity contribution in [2.45, 2.75) is 25.0 Å². The molecule has 5 saturated carbocycles. The van der Waals surface area contributed by atoms with Crippen molar-refractivity contribution in [1.29, 1.82) is 0 Å². The summed E-state index contributed by atoms with van der Waals surface area (Å²) in [6, 6.07) is 3.84. The first-order chi connectivity index (χ1) is 11.7. The molecule has 9 atom stereocenters. The van der Waals surface area contributed by atoms with Crippen molar-refractivity contribution in [3.8, 4) is 0 Å². The van der Waals surface area contributed by atoms with Gasteiger partial charge in [0.2, 0.25) is 0 Å². The van der Waals surface area contributed by atoms with Crippen molar-refractivity contribution in [3.05, 3.63) is 24.2 Å². The maximum atomic E-state index is 11.6. The van der Waals surface area contributed by atoms with Crippen molar-refractivity contribution in [2.24, 2.45) is 52.3 Å². The number of nitrogens with zero attached hydrogens (tertiary/aromatic N) is 1. The molecule has 0 aliphatic heterocycles. The third-order valence-electron chi connectivity index (χ3n) is 8.29. The lowest BCUT2D eigenvalue weighted by molar-refractivity contribution is -0.126. The number of aliphatic hydroxyl groups is 1. The van der Waals surface area contributed by atoms with Gasteiger partial charge in [0.1, 0.15) is 5.76 Å². The van der Waals surface area contributed by atoms with E-state index < -0.39 is 5.60 Å². The normalized spacial score (nSPS) is 50.1. The van der Waals surface area contributed by atoms with E-state index in [1.54, 1.807) is 13.3 Å². The molecule has 5 nitrogen and oxygen atoms in total. The number of hydrogen-bond acceptors (Lipinski definition) is 3. The monoisotopic (exact) mass is 455 g/mol. The van der Waals surface area contributed by atoms with E-state index in [4.69, 9.17) is 4.42 Å². The molecule has 1 aromatic rings. The average molecular weight is 455 g/mol. The lowest BCUT2D eigenvalue weighted by atomic mass is 9.56. The highest BCUT2D eigenvalue weighted by atomic mass is 127. The Bertz CT molecular complexity index is 702. The van der Waals surface area contributed by atoms with Gasteiger partial charge in [-0.3, -0.25) is 4.99 Å². The van der Waals surface area contributed by atoms with Crippen LogP contribution in [0.5, 0.6) is 0 Å². The van der Waals surface area contributed by atoms with E-state index in [1.165, 1.54) is 12.8 Å². The fourth-order valence-electron chi connectivity index (χ4n) is 7.99. The fourth-order valence-corrected chi connectivity index (χ4v) is 7.99. The number of rotatable bonds is 4.